The monoisotopic (exact) mass is 334 g/mol. The predicted molar refractivity (Wildman–Crippen MR) is 90.4 cm³/mol. The van der Waals surface area contributed by atoms with Gasteiger partial charge in [0.1, 0.15) is 5.69 Å². The van der Waals surface area contributed by atoms with Crippen molar-refractivity contribution >= 4 is 36.4 Å². The van der Waals surface area contributed by atoms with Crippen molar-refractivity contribution in [1.82, 2.24) is 14.8 Å². The van der Waals surface area contributed by atoms with E-state index in [2.05, 4.69) is 23.7 Å². The highest BCUT2D eigenvalue weighted by Crippen LogP contribution is 2.17. The number of likely N-dealkylation sites (N-methyl/N-ethyl adjacent to an activating group) is 1. The molecule has 0 spiro atoms. The molecule has 1 aromatic heterocycles. The molecule has 1 aliphatic rings. The number of amides is 1. The molecule has 120 valence electrons. The van der Waals surface area contributed by atoms with E-state index >= 15 is 0 Å². The van der Waals surface area contributed by atoms with Crippen LogP contribution in [-0.4, -0.2) is 52.9 Å². The molecular formula is C14H24Cl2N4O. The van der Waals surface area contributed by atoms with Gasteiger partial charge in [-0.2, -0.15) is 0 Å². The Morgan fingerprint density at radius 3 is 2.57 bits per heavy atom. The van der Waals surface area contributed by atoms with E-state index in [0.717, 1.165) is 32.6 Å². The SMILES string of the molecule is CCN(CC)C1CCN(C(=O)c2ccc(N)cn2)C1.Cl.Cl. The van der Waals surface area contributed by atoms with E-state index in [0.29, 0.717) is 17.4 Å². The molecule has 1 aliphatic heterocycles. The number of anilines is 1. The summed E-state index contributed by atoms with van der Waals surface area (Å²) in [5.74, 6) is 0.00894. The summed E-state index contributed by atoms with van der Waals surface area (Å²) in [5, 5.41) is 0. The lowest BCUT2D eigenvalue weighted by Crippen LogP contribution is -2.38. The Morgan fingerprint density at radius 2 is 2.05 bits per heavy atom. The van der Waals surface area contributed by atoms with Gasteiger partial charge in [0, 0.05) is 19.1 Å². The number of nitrogens with zero attached hydrogens (tertiary/aromatic N) is 3. The van der Waals surface area contributed by atoms with Crippen molar-refractivity contribution < 1.29 is 4.79 Å². The lowest BCUT2D eigenvalue weighted by Gasteiger charge is -2.26. The van der Waals surface area contributed by atoms with E-state index in [1.54, 1.807) is 12.1 Å². The van der Waals surface area contributed by atoms with Crippen LogP contribution in [0.4, 0.5) is 5.69 Å². The highest BCUT2D eigenvalue weighted by molar-refractivity contribution is 5.92. The number of nitrogens with two attached hydrogens (primary N) is 1. The summed E-state index contributed by atoms with van der Waals surface area (Å²) in [6, 6.07) is 3.90. The number of pyridine rings is 1. The minimum Gasteiger partial charge on any atom is -0.397 e. The second-order valence-corrected chi connectivity index (χ2v) is 4.89. The molecule has 2 N–H and O–H groups in total. The van der Waals surface area contributed by atoms with Crippen molar-refractivity contribution in [2.45, 2.75) is 26.3 Å². The first-order valence-corrected chi connectivity index (χ1v) is 6.90. The Kier molecular flexibility index (Phi) is 8.63. The maximum Gasteiger partial charge on any atom is 0.272 e. The second-order valence-electron chi connectivity index (χ2n) is 4.89. The molecule has 21 heavy (non-hydrogen) atoms. The van der Waals surface area contributed by atoms with Gasteiger partial charge in [0.2, 0.25) is 0 Å². The molecule has 1 saturated heterocycles. The van der Waals surface area contributed by atoms with E-state index in [1.807, 2.05) is 4.90 Å². The summed E-state index contributed by atoms with van der Waals surface area (Å²) in [5.41, 5.74) is 6.65. The summed E-state index contributed by atoms with van der Waals surface area (Å²) in [4.78, 5) is 20.7. The summed E-state index contributed by atoms with van der Waals surface area (Å²) in [6.45, 7) is 8.00. The van der Waals surface area contributed by atoms with Crippen LogP contribution in [0.1, 0.15) is 30.8 Å². The minimum absolute atomic E-state index is 0. The van der Waals surface area contributed by atoms with Gasteiger partial charge in [0.05, 0.1) is 11.9 Å². The molecule has 0 bridgehead atoms. The zero-order valence-corrected chi connectivity index (χ0v) is 14.1. The number of hydrogen-bond acceptors (Lipinski definition) is 4. The molecule has 2 rings (SSSR count). The number of aromatic nitrogens is 1. The molecule has 0 saturated carbocycles. The number of rotatable bonds is 4. The molecule has 1 unspecified atom stereocenters. The highest BCUT2D eigenvalue weighted by Gasteiger charge is 2.30. The van der Waals surface area contributed by atoms with Crippen LogP contribution in [0, 0.1) is 0 Å². The Balaban J connectivity index is 0.00000200. The molecule has 2 heterocycles. The first-order chi connectivity index (χ1) is 9.15. The number of carbonyl (C=O) groups is 1. The third-order valence-electron chi connectivity index (χ3n) is 3.78. The van der Waals surface area contributed by atoms with Crippen LogP contribution < -0.4 is 5.73 Å². The normalized spacial score (nSPS) is 17.3. The fraction of sp³-hybridized carbons (Fsp3) is 0.571. The molecule has 1 fully saturated rings. The molecular weight excluding hydrogens is 311 g/mol. The number of nitrogen functional groups attached to an aromatic ring is 1. The molecule has 0 aromatic carbocycles. The smallest absolute Gasteiger partial charge is 0.272 e. The number of hydrogen-bond donors (Lipinski definition) is 1. The van der Waals surface area contributed by atoms with Crippen LogP contribution in [0.3, 0.4) is 0 Å². The van der Waals surface area contributed by atoms with Crippen molar-refractivity contribution in [2.75, 3.05) is 31.9 Å². The van der Waals surface area contributed by atoms with Gasteiger partial charge in [-0.05, 0) is 31.6 Å². The van der Waals surface area contributed by atoms with Gasteiger partial charge in [0.25, 0.3) is 5.91 Å². The second kappa shape index (κ2) is 9.07. The van der Waals surface area contributed by atoms with Gasteiger partial charge in [0.15, 0.2) is 0 Å². The lowest BCUT2D eigenvalue weighted by molar-refractivity contribution is 0.0772. The first-order valence-electron chi connectivity index (χ1n) is 6.90. The van der Waals surface area contributed by atoms with E-state index in [9.17, 15) is 4.79 Å². The summed E-state index contributed by atoms with van der Waals surface area (Å²) >= 11 is 0. The molecule has 1 atom stereocenters. The largest absolute Gasteiger partial charge is 0.397 e. The average Bonchev–Trinajstić information content (AvgIpc) is 2.90. The van der Waals surface area contributed by atoms with E-state index in [1.165, 1.54) is 6.20 Å². The van der Waals surface area contributed by atoms with Crippen LogP contribution in [0.2, 0.25) is 0 Å². The average molecular weight is 335 g/mol. The number of likely N-dealkylation sites (tertiary alicyclic amines) is 1. The van der Waals surface area contributed by atoms with Crippen LogP contribution in [-0.2, 0) is 0 Å². The first kappa shape index (κ1) is 20.0. The third-order valence-corrected chi connectivity index (χ3v) is 3.78. The van der Waals surface area contributed by atoms with E-state index < -0.39 is 0 Å². The highest BCUT2D eigenvalue weighted by atomic mass is 35.5. The van der Waals surface area contributed by atoms with Crippen molar-refractivity contribution in [3.05, 3.63) is 24.0 Å². The zero-order valence-electron chi connectivity index (χ0n) is 12.5. The van der Waals surface area contributed by atoms with Gasteiger partial charge >= 0.3 is 0 Å². The van der Waals surface area contributed by atoms with Crippen LogP contribution in [0.25, 0.3) is 0 Å². The van der Waals surface area contributed by atoms with E-state index in [-0.39, 0.29) is 30.7 Å². The molecule has 1 aromatic rings. The lowest BCUT2D eigenvalue weighted by atomic mass is 10.2. The van der Waals surface area contributed by atoms with Gasteiger partial charge < -0.3 is 10.6 Å². The van der Waals surface area contributed by atoms with Crippen molar-refractivity contribution in [1.29, 1.82) is 0 Å². The molecule has 0 aliphatic carbocycles. The standard InChI is InChI=1S/C14H22N4O.2ClH/c1-3-17(4-2)12-7-8-18(10-12)14(19)13-6-5-11(15)9-16-13;;/h5-6,9,12H,3-4,7-8,10,15H2,1-2H3;2*1H. The van der Waals surface area contributed by atoms with Gasteiger partial charge in [-0.1, -0.05) is 13.8 Å². The van der Waals surface area contributed by atoms with E-state index in [4.69, 9.17) is 5.73 Å². The van der Waals surface area contributed by atoms with Crippen molar-refractivity contribution in [2.24, 2.45) is 0 Å². The Labute approximate surface area is 138 Å². The molecule has 1 amide bonds. The molecule has 7 heteroatoms. The summed E-state index contributed by atoms with van der Waals surface area (Å²) < 4.78 is 0. The summed E-state index contributed by atoms with van der Waals surface area (Å²) in [7, 11) is 0. The Bertz CT molecular complexity index is 437. The van der Waals surface area contributed by atoms with Gasteiger partial charge in [-0.15, -0.1) is 24.8 Å². The van der Waals surface area contributed by atoms with Gasteiger partial charge in [-0.25, -0.2) is 4.98 Å². The predicted octanol–water partition coefficient (Wildman–Crippen LogP) is 2.06. The fourth-order valence-corrected chi connectivity index (χ4v) is 2.66. The topological polar surface area (TPSA) is 62.5 Å². The quantitative estimate of drug-likeness (QED) is 0.915. The summed E-state index contributed by atoms with van der Waals surface area (Å²) in [6.07, 6.45) is 2.58. The molecule has 0 radical (unpaired) electrons. The zero-order chi connectivity index (χ0) is 13.8. The van der Waals surface area contributed by atoms with Crippen LogP contribution in [0.15, 0.2) is 18.3 Å². The van der Waals surface area contributed by atoms with Crippen LogP contribution in [0.5, 0.6) is 0 Å². The Morgan fingerprint density at radius 1 is 1.38 bits per heavy atom. The van der Waals surface area contributed by atoms with Crippen LogP contribution >= 0.6 is 24.8 Å². The fourth-order valence-electron chi connectivity index (χ4n) is 2.66. The minimum atomic E-state index is 0. The Hall–Kier alpha value is -1.04. The molecule has 5 nitrogen and oxygen atoms in total. The van der Waals surface area contributed by atoms with Crippen molar-refractivity contribution in [3.63, 3.8) is 0 Å². The number of halogens is 2. The maximum atomic E-state index is 12.3. The third kappa shape index (κ3) is 4.73. The number of carbonyl (C=O) groups excluding carboxylic acids is 1. The van der Waals surface area contributed by atoms with Gasteiger partial charge in [-0.3, -0.25) is 9.69 Å². The maximum absolute atomic E-state index is 12.3. The van der Waals surface area contributed by atoms with Crippen molar-refractivity contribution in [3.8, 4) is 0 Å².